The van der Waals surface area contributed by atoms with Crippen LogP contribution in [0.5, 0.6) is 0 Å². The molecular weight excluding hydrogens is 168 g/mol. The summed E-state index contributed by atoms with van der Waals surface area (Å²) in [6.07, 6.45) is 2.18. The highest BCUT2D eigenvalue weighted by atomic mass is 15.6. The lowest BCUT2D eigenvalue weighted by Crippen LogP contribution is -2.14. The van der Waals surface area contributed by atoms with Crippen molar-refractivity contribution in [3.63, 3.8) is 0 Å². The van der Waals surface area contributed by atoms with Crippen LogP contribution in [0.25, 0.3) is 0 Å². The molecule has 0 unspecified atom stereocenters. The highest BCUT2D eigenvalue weighted by Gasteiger charge is 1.99. The second-order valence-electron chi connectivity index (χ2n) is 3.27. The van der Waals surface area contributed by atoms with Crippen molar-refractivity contribution in [2.75, 3.05) is 26.4 Å². The monoisotopic (exact) mass is 184 g/mol. The third-order valence-electron chi connectivity index (χ3n) is 1.78. The van der Waals surface area contributed by atoms with Crippen LogP contribution >= 0.6 is 0 Å². The smallest absolute Gasteiger partial charge is 0.240 e. The van der Waals surface area contributed by atoms with Gasteiger partial charge in [-0.25, -0.2) is 4.68 Å². The first-order valence-corrected chi connectivity index (χ1v) is 4.36. The molecule has 2 N–H and O–H groups in total. The van der Waals surface area contributed by atoms with Gasteiger partial charge in [-0.15, -0.1) is 0 Å². The van der Waals surface area contributed by atoms with Crippen molar-refractivity contribution in [1.82, 2.24) is 25.1 Å². The van der Waals surface area contributed by atoms with E-state index in [0.29, 0.717) is 5.95 Å². The quantitative estimate of drug-likeness (QED) is 0.630. The Morgan fingerprint density at radius 1 is 1.38 bits per heavy atom. The first kappa shape index (κ1) is 9.91. The fourth-order valence-corrected chi connectivity index (χ4v) is 1.06. The molecule has 13 heavy (non-hydrogen) atoms. The molecule has 0 spiro atoms. The van der Waals surface area contributed by atoms with Crippen molar-refractivity contribution < 1.29 is 0 Å². The van der Waals surface area contributed by atoms with Crippen LogP contribution in [0.3, 0.4) is 0 Å². The Kier molecular flexibility index (Phi) is 3.63. The summed E-state index contributed by atoms with van der Waals surface area (Å²) in [5, 5.41) is 10.8. The van der Waals surface area contributed by atoms with Gasteiger partial charge in [-0.3, -0.25) is 0 Å². The van der Waals surface area contributed by atoms with E-state index in [0.717, 1.165) is 25.9 Å². The maximum Gasteiger partial charge on any atom is 0.240 e. The molecule has 0 saturated carbocycles. The molecule has 0 aliphatic rings. The molecule has 0 saturated heterocycles. The number of nitrogens with zero attached hydrogens (tertiary/aromatic N) is 5. The van der Waals surface area contributed by atoms with Crippen LogP contribution in [0.2, 0.25) is 0 Å². The predicted molar refractivity (Wildman–Crippen MR) is 50.0 cm³/mol. The number of nitrogens with two attached hydrogens (primary N) is 1. The number of hydrogen-bond donors (Lipinski definition) is 1. The van der Waals surface area contributed by atoms with Crippen LogP contribution in [0.1, 0.15) is 12.8 Å². The molecule has 0 aliphatic carbocycles. The summed E-state index contributed by atoms with van der Waals surface area (Å²) < 4.78 is 1.62. The molecule has 0 radical (unpaired) electrons. The first-order chi connectivity index (χ1) is 6.20. The number of aryl methyl sites for hydroxylation is 1. The number of rotatable bonds is 5. The van der Waals surface area contributed by atoms with Crippen molar-refractivity contribution in [3.8, 4) is 0 Å². The van der Waals surface area contributed by atoms with Gasteiger partial charge in [0.2, 0.25) is 5.95 Å². The molecule has 1 rings (SSSR count). The fourth-order valence-electron chi connectivity index (χ4n) is 1.06. The number of anilines is 1. The second kappa shape index (κ2) is 4.76. The Hall–Kier alpha value is -1.17. The minimum absolute atomic E-state index is 0.393. The zero-order valence-electron chi connectivity index (χ0n) is 8.14. The van der Waals surface area contributed by atoms with Crippen LogP contribution in [0.4, 0.5) is 5.95 Å². The molecule has 6 nitrogen and oxygen atoms in total. The molecule has 0 fully saturated rings. The van der Waals surface area contributed by atoms with E-state index in [9.17, 15) is 0 Å². The second-order valence-corrected chi connectivity index (χ2v) is 3.27. The molecule has 0 amide bonds. The molecule has 6 heteroatoms. The number of tetrazole rings is 1. The summed E-state index contributed by atoms with van der Waals surface area (Å²) in [7, 11) is 4.12. The minimum atomic E-state index is 0.393. The Labute approximate surface area is 77.7 Å². The van der Waals surface area contributed by atoms with Crippen molar-refractivity contribution in [2.45, 2.75) is 19.4 Å². The van der Waals surface area contributed by atoms with Crippen molar-refractivity contribution in [3.05, 3.63) is 0 Å². The summed E-state index contributed by atoms with van der Waals surface area (Å²) in [6.45, 7) is 1.88. The van der Waals surface area contributed by atoms with Gasteiger partial charge in [0.05, 0.1) is 0 Å². The SMILES string of the molecule is CN(C)CCCCn1nnnc1N. The standard InChI is InChI=1S/C7H16N6/c1-12(2)5-3-4-6-13-7(8)9-10-11-13/h3-6H2,1-2H3,(H2,8,9,11). The van der Waals surface area contributed by atoms with Crippen LogP contribution in [-0.2, 0) is 6.54 Å². The summed E-state index contributed by atoms with van der Waals surface area (Å²) >= 11 is 0. The zero-order chi connectivity index (χ0) is 9.68. The van der Waals surface area contributed by atoms with Gasteiger partial charge in [0, 0.05) is 6.54 Å². The average molecular weight is 184 g/mol. The lowest BCUT2D eigenvalue weighted by molar-refractivity contribution is 0.384. The first-order valence-electron chi connectivity index (χ1n) is 4.36. The van der Waals surface area contributed by atoms with Gasteiger partial charge in [0.1, 0.15) is 0 Å². The largest absolute Gasteiger partial charge is 0.367 e. The van der Waals surface area contributed by atoms with Gasteiger partial charge in [-0.1, -0.05) is 5.10 Å². The maximum absolute atomic E-state index is 5.50. The third kappa shape index (κ3) is 3.37. The average Bonchev–Trinajstić information content (AvgIpc) is 2.45. The van der Waals surface area contributed by atoms with E-state index in [2.05, 4.69) is 34.5 Å². The zero-order valence-corrected chi connectivity index (χ0v) is 8.14. The van der Waals surface area contributed by atoms with Crippen LogP contribution in [0.15, 0.2) is 0 Å². The normalized spacial score (nSPS) is 11.0. The number of hydrogen-bond acceptors (Lipinski definition) is 5. The molecule has 0 atom stereocenters. The van der Waals surface area contributed by atoms with Gasteiger partial charge in [-0.2, -0.15) is 0 Å². The van der Waals surface area contributed by atoms with Crippen molar-refractivity contribution in [1.29, 1.82) is 0 Å². The summed E-state index contributed by atoms with van der Waals surface area (Å²) in [4.78, 5) is 2.16. The van der Waals surface area contributed by atoms with Crippen molar-refractivity contribution in [2.24, 2.45) is 0 Å². The van der Waals surface area contributed by atoms with Crippen LogP contribution in [0, 0.1) is 0 Å². The van der Waals surface area contributed by atoms with Gasteiger partial charge >= 0.3 is 0 Å². The molecule has 74 valence electrons. The van der Waals surface area contributed by atoms with E-state index < -0.39 is 0 Å². The van der Waals surface area contributed by atoms with E-state index in [4.69, 9.17) is 5.73 Å². The maximum atomic E-state index is 5.50. The fraction of sp³-hybridized carbons (Fsp3) is 0.857. The van der Waals surface area contributed by atoms with Crippen LogP contribution < -0.4 is 5.73 Å². The van der Waals surface area contributed by atoms with E-state index in [1.54, 1.807) is 4.68 Å². The summed E-state index contributed by atoms with van der Waals surface area (Å²) in [6, 6.07) is 0. The highest BCUT2D eigenvalue weighted by Crippen LogP contribution is 1.98. The van der Waals surface area contributed by atoms with Gasteiger partial charge in [0.25, 0.3) is 0 Å². The topological polar surface area (TPSA) is 72.9 Å². The Morgan fingerprint density at radius 3 is 2.69 bits per heavy atom. The third-order valence-corrected chi connectivity index (χ3v) is 1.78. The molecule has 1 aromatic heterocycles. The van der Waals surface area contributed by atoms with E-state index in [1.807, 2.05) is 0 Å². The predicted octanol–water partition coefficient (Wildman–Crippen LogP) is -0.403. The molecule has 0 aromatic carbocycles. The summed E-state index contributed by atoms with van der Waals surface area (Å²) in [5.41, 5.74) is 5.50. The van der Waals surface area contributed by atoms with Crippen molar-refractivity contribution >= 4 is 5.95 Å². The van der Waals surface area contributed by atoms with Gasteiger partial charge in [-0.05, 0) is 43.9 Å². The molecular formula is C7H16N6. The number of unbranched alkanes of at least 4 members (excludes halogenated alkanes) is 1. The van der Waals surface area contributed by atoms with E-state index in [1.165, 1.54) is 0 Å². The lowest BCUT2D eigenvalue weighted by atomic mass is 10.3. The van der Waals surface area contributed by atoms with E-state index in [-0.39, 0.29) is 0 Å². The number of nitrogen functional groups attached to an aromatic ring is 1. The van der Waals surface area contributed by atoms with E-state index >= 15 is 0 Å². The van der Waals surface area contributed by atoms with Gasteiger partial charge < -0.3 is 10.6 Å². The molecule has 0 bridgehead atoms. The summed E-state index contributed by atoms with van der Waals surface area (Å²) in [5.74, 6) is 0.393. The molecule has 1 heterocycles. The molecule has 0 aliphatic heterocycles. The minimum Gasteiger partial charge on any atom is -0.367 e. The van der Waals surface area contributed by atoms with Crippen LogP contribution in [-0.4, -0.2) is 45.7 Å². The Morgan fingerprint density at radius 2 is 2.15 bits per heavy atom. The molecule has 1 aromatic rings. The van der Waals surface area contributed by atoms with Gasteiger partial charge in [0.15, 0.2) is 0 Å². The lowest BCUT2D eigenvalue weighted by Gasteiger charge is -2.08. The Bertz CT molecular complexity index is 243. The Balaban J connectivity index is 2.17. The highest BCUT2D eigenvalue weighted by molar-refractivity contribution is 5.09. The number of aromatic nitrogens is 4.